The van der Waals surface area contributed by atoms with Gasteiger partial charge >= 0.3 is 0 Å². The minimum Gasteiger partial charge on any atom is -0.326 e. The maximum Gasteiger partial charge on any atom is 0.240 e. The first-order chi connectivity index (χ1) is 14.0. The molecule has 1 amide bonds. The van der Waals surface area contributed by atoms with Crippen LogP contribution >= 0.6 is 0 Å². The summed E-state index contributed by atoms with van der Waals surface area (Å²) in [6.07, 6.45) is 4.41. The number of carbonyl (C=O) groups excluding carboxylic acids is 1. The Bertz CT molecular complexity index is 1160. The maximum absolute atomic E-state index is 12.6. The summed E-state index contributed by atoms with van der Waals surface area (Å²) >= 11 is 0. The highest BCUT2D eigenvalue weighted by Crippen LogP contribution is 2.28. The van der Waals surface area contributed by atoms with Crippen molar-refractivity contribution in [3.05, 3.63) is 71.8 Å². The number of fused-ring (bicyclic) bond motifs is 2. The van der Waals surface area contributed by atoms with Gasteiger partial charge in [-0.05, 0) is 65.8 Å². The van der Waals surface area contributed by atoms with Crippen molar-refractivity contribution >= 4 is 32.4 Å². The first kappa shape index (κ1) is 19.6. The number of aryl methyl sites for hydroxylation is 1. The van der Waals surface area contributed by atoms with Crippen LogP contribution < -0.4 is 10.0 Å². The number of carbonyl (C=O) groups is 1. The van der Waals surface area contributed by atoms with E-state index in [-0.39, 0.29) is 23.8 Å². The third-order valence-electron chi connectivity index (χ3n) is 5.35. The predicted molar refractivity (Wildman–Crippen MR) is 115 cm³/mol. The molecular formula is C23H24N2O3S. The number of anilines is 1. The number of nitrogens with one attached hydrogen (secondary N) is 2. The Kier molecular flexibility index (Phi) is 5.65. The van der Waals surface area contributed by atoms with Crippen LogP contribution in [0.2, 0.25) is 0 Å². The Morgan fingerprint density at radius 1 is 0.897 bits per heavy atom. The number of benzene rings is 3. The molecule has 1 aliphatic rings. The molecule has 0 fully saturated rings. The molecule has 5 nitrogen and oxygen atoms in total. The molecule has 4 rings (SSSR count). The van der Waals surface area contributed by atoms with E-state index >= 15 is 0 Å². The topological polar surface area (TPSA) is 75.3 Å². The third-order valence-corrected chi connectivity index (χ3v) is 6.80. The van der Waals surface area contributed by atoms with Crippen LogP contribution in [0, 0.1) is 0 Å². The highest BCUT2D eigenvalue weighted by Gasteiger charge is 2.17. The summed E-state index contributed by atoms with van der Waals surface area (Å²) in [4.78, 5) is 12.6. The van der Waals surface area contributed by atoms with E-state index in [0.29, 0.717) is 0 Å². The molecule has 0 aliphatic heterocycles. The SMILES string of the molecule is O=C(CCNS(=O)(=O)c1ccc2ccccc2c1)Nc1cccc2c1CCCC2. The number of rotatable bonds is 6. The van der Waals surface area contributed by atoms with Crippen LogP contribution in [0.15, 0.2) is 65.6 Å². The number of hydrogen-bond acceptors (Lipinski definition) is 3. The molecule has 150 valence electrons. The molecule has 2 N–H and O–H groups in total. The van der Waals surface area contributed by atoms with Crippen molar-refractivity contribution in [2.75, 3.05) is 11.9 Å². The van der Waals surface area contributed by atoms with Crippen LogP contribution in [-0.2, 0) is 27.7 Å². The average Bonchev–Trinajstić information content (AvgIpc) is 2.73. The Hall–Kier alpha value is -2.70. The van der Waals surface area contributed by atoms with Gasteiger partial charge in [0.25, 0.3) is 0 Å². The lowest BCUT2D eigenvalue weighted by Gasteiger charge is -2.19. The number of sulfonamides is 1. The number of amides is 1. The van der Waals surface area contributed by atoms with Crippen molar-refractivity contribution in [2.24, 2.45) is 0 Å². The normalized spacial score (nSPS) is 13.8. The molecule has 0 aromatic heterocycles. The third kappa shape index (κ3) is 4.49. The van der Waals surface area contributed by atoms with Crippen LogP contribution in [0.1, 0.15) is 30.4 Å². The molecule has 0 saturated carbocycles. The quantitative estimate of drug-likeness (QED) is 0.647. The van der Waals surface area contributed by atoms with Gasteiger partial charge in [0.1, 0.15) is 0 Å². The molecule has 1 aliphatic carbocycles. The van der Waals surface area contributed by atoms with Crippen molar-refractivity contribution < 1.29 is 13.2 Å². The standard InChI is InChI=1S/C23H24N2O3S/c26-23(25-22-11-5-9-18-7-3-4-10-21(18)22)14-15-24-29(27,28)20-13-12-17-6-1-2-8-19(17)16-20/h1-2,5-6,8-9,11-13,16,24H,3-4,7,10,14-15H2,(H,25,26). The molecule has 29 heavy (non-hydrogen) atoms. The Balaban J connectivity index is 1.37. The van der Waals surface area contributed by atoms with Gasteiger partial charge < -0.3 is 5.32 Å². The molecular weight excluding hydrogens is 384 g/mol. The largest absolute Gasteiger partial charge is 0.326 e. The molecule has 0 heterocycles. The highest BCUT2D eigenvalue weighted by molar-refractivity contribution is 7.89. The second-order valence-electron chi connectivity index (χ2n) is 7.36. The average molecular weight is 409 g/mol. The molecule has 3 aromatic rings. The van der Waals surface area contributed by atoms with E-state index in [0.717, 1.165) is 35.7 Å². The van der Waals surface area contributed by atoms with Crippen molar-refractivity contribution in [3.63, 3.8) is 0 Å². The summed E-state index contributed by atoms with van der Waals surface area (Å²) in [7, 11) is -3.66. The van der Waals surface area contributed by atoms with E-state index in [1.54, 1.807) is 18.2 Å². The van der Waals surface area contributed by atoms with Crippen LogP contribution in [0.25, 0.3) is 10.8 Å². The summed E-state index contributed by atoms with van der Waals surface area (Å²) in [6.45, 7) is 0.0516. The van der Waals surface area contributed by atoms with Crippen molar-refractivity contribution in [2.45, 2.75) is 37.0 Å². The van der Waals surface area contributed by atoms with Gasteiger partial charge in [-0.2, -0.15) is 0 Å². The van der Waals surface area contributed by atoms with E-state index in [1.807, 2.05) is 36.4 Å². The maximum atomic E-state index is 12.6. The van der Waals surface area contributed by atoms with Crippen LogP contribution in [0.5, 0.6) is 0 Å². The Morgan fingerprint density at radius 3 is 2.55 bits per heavy atom. The van der Waals surface area contributed by atoms with Crippen LogP contribution in [0.3, 0.4) is 0 Å². The second kappa shape index (κ2) is 8.35. The van der Waals surface area contributed by atoms with Gasteiger partial charge in [-0.25, -0.2) is 13.1 Å². The van der Waals surface area contributed by atoms with E-state index in [9.17, 15) is 13.2 Å². The first-order valence-corrected chi connectivity index (χ1v) is 11.4. The van der Waals surface area contributed by atoms with Gasteiger partial charge in [-0.1, -0.05) is 42.5 Å². The summed E-state index contributed by atoms with van der Waals surface area (Å²) in [5, 5.41) is 4.79. The van der Waals surface area contributed by atoms with Gasteiger partial charge in [0.2, 0.25) is 15.9 Å². The number of hydrogen-bond donors (Lipinski definition) is 2. The molecule has 0 radical (unpaired) electrons. The fourth-order valence-corrected chi connectivity index (χ4v) is 4.89. The lowest BCUT2D eigenvalue weighted by molar-refractivity contribution is -0.116. The van der Waals surface area contributed by atoms with Gasteiger partial charge in [0, 0.05) is 18.7 Å². The summed E-state index contributed by atoms with van der Waals surface area (Å²) in [5.41, 5.74) is 3.36. The fourth-order valence-electron chi connectivity index (χ4n) is 3.83. The summed E-state index contributed by atoms with van der Waals surface area (Å²) in [5.74, 6) is -0.190. The molecule has 0 unspecified atom stereocenters. The zero-order valence-electron chi connectivity index (χ0n) is 16.1. The lowest BCUT2D eigenvalue weighted by atomic mass is 9.90. The Morgan fingerprint density at radius 2 is 1.69 bits per heavy atom. The minimum absolute atomic E-state index is 0.0516. The van der Waals surface area contributed by atoms with E-state index in [4.69, 9.17) is 0 Å². The predicted octanol–water partition coefficient (Wildman–Crippen LogP) is 4.03. The summed E-state index contributed by atoms with van der Waals surface area (Å²) in [6, 6.07) is 18.6. The van der Waals surface area contributed by atoms with Crippen LogP contribution in [-0.4, -0.2) is 20.9 Å². The van der Waals surface area contributed by atoms with Gasteiger partial charge in [0.15, 0.2) is 0 Å². The lowest BCUT2D eigenvalue weighted by Crippen LogP contribution is -2.28. The van der Waals surface area contributed by atoms with E-state index in [1.165, 1.54) is 17.5 Å². The molecule has 6 heteroatoms. The molecule has 0 atom stereocenters. The van der Waals surface area contributed by atoms with Crippen LogP contribution in [0.4, 0.5) is 5.69 Å². The zero-order chi connectivity index (χ0) is 20.3. The highest BCUT2D eigenvalue weighted by atomic mass is 32.2. The molecule has 0 spiro atoms. The van der Waals surface area contributed by atoms with Crippen molar-refractivity contribution in [1.29, 1.82) is 0 Å². The van der Waals surface area contributed by atoms with E-state index < -0.39 is 10.0 Å². The smallest absolute Gasteiger partial charge is 0.240 e. The first-order valence-electron chi connectivity index (χ1n) is 9.92. The zero-order valence-corrected chi connectivity index (χ0v) is 17.0. The van der Waals surface area contributed by atoms with Crippen molar-refractivity contribution in [1.82, 2.24) is 4.72 Å². The monoisotopic (exact) mass is 408 g/mol. The van der Waals surface area contributed by atoms with Gasteiger partial charge in [-0.15, -0.1) is 0 Å². The van der Waals surface area contributed by atoms with Gasteiger partial charge in [-0.3, -0.25) is 4.79 Å². The van der Waals surface area contributed by atoms with E-state index in [2.05, 4.69) is 16.1 Å². The second-order valence-corrected chi connectivity index (χ2v) is 9.12. The fraction of sp³-hybridized carbons (Fsp3) is 0.261. The summed E-state index contributed by atoms with van der Waals surface area (Å²) < 4.78 is 27.7. The minimum atomic E-state index is -3.66. The molecule has 0 saturated heterocycles. The Labute approximate surface area is 171 Å². The molecule has 3 aromatic carbocycles. The van der Waals surface area contributed by atoms with Crippen molar-refractivity contribution in [3.8, 4) is 0 Å². The molecule has 0 bridgehead atoms. The van der Waals surface area contributed by atoms with Gasteiger partial charge in [0.05, 0.1) is 4.90 Å².